The highest BCUT2D eigenvalue weighted by Gasteiger charge is 2.18. The average Bonchev–Trinajstić information content (AvgIpc) is 2.87. The molecule has 0 radical (unpaired) electrons. The second-order valence-electron chi connectivity index (χ2n) is 3.58. The number of pyridine rings is 1. The van der Waals surface area contributed by atoms with Crippen molar-refractivity contribution in [3.05, 3.63) is 34.6 Å². The Morgan fingerprint density at radius 2 is 2.26 bits per heavy atom. The van der Waals surface area contributed by atoms with Crippen molar-refractivity contribution in [3.63, 3.8) is 0 Å². The van der Waals surface area contributed by atoms with Crippen molar-refractivity contribution in [2.45, 2.75) is 13.3 Å². The van der Waals surface area contributed by atoms with E-state index < -0.39 is 11.9 Å². The third-order valence-electron chi connectivity index (χ3n) is 2.40. The van der Waals surface area contributed by atoms with Gasteiger partial charge in [0.1, 0.15) is 4.88 Å². The largest absolute Gasteiger partial charge is 0.478 e. The van der Waals surface area contributed by atoms with Crippen LogP contribution in [0, 0.1) is 0 Å². The molecule has 0 aliphatic heterocycles. The molecule has 0 aliphatic rings. The lowest BCUT2D eigenvalue weighted by Crippen LogP contribution is -2.15. The molecular weight excluding hydrogens is 268 g/mol. The Morgan fingerprint density at radius 1 is 1.47 bits per heavy atom. The minimum absolute atomic E-state index is 0.0149. The topological polar surface area (TPSA) is 105 Å². The Balaban J connectivity index is 2.27. The van der Waals surface area contributed by atoms with Gasteiger partial charge < -0.3 is 10.4 Å². The molecule has 0 spiro atoms. The number of aryl methyl sites for hydroxylation is 1. The molecule has 98 valence electrons. The van der Waals surface area contributed by atoms with Crippen LogP contribution in [-0.2, 0) is 6.42 Å². The van der Waals surface area contributed by atoms with Crippen LogP contribution in [0.1, 0.15) is 32.6 Å². The third kappa shape index (κ3) is 2.74. The smallest absolute Gasteiger partial charge is 0.337 e. The lowest BCUT2D eigenvalue weighted by atomic mass is 10.2. The Labute approximate surface area is 112 Å². The molecule has 0 saturated heterocycles. The summed E-state index contributed by atoms with van der Waals surface area (Å²) in [6, 6.07) is 1.32. The highest BCUT2D eigenvalue weighted by Crippen LogP contribution is 2.17. The fourth-order valence-corrected chi connectivity index (χ4v) is 2.12. The van der Waals surface area contributed by atoms with Crippen molar-refractivity contribution in [2.24, 2.45) is 0 Å². The fraction of sp³-hybridized carbons (Fsp3) is 0.182. The number of nitrogens with one attached hydrogen (secondary N) is 1. The number of carbonyl (C=O) groups is 2. The zero-order chi connectivity index (χ0) is 13.8. The molecule has 0 aliphatic carbocycles. The van der Waals surface area contributed by atoms with Crippen LogP contribution in [0.25, 0.3) is 0 Å². The Morgan fingerprint density at radius 3 is 2.95 bits per heavy atom. The number of aromatic carboxylic acids is 1. The van der Waals surface area contributed by atoms with Gasteiger partial charge in [0.15, 0.2) is 0 Å². The van der Waals surface area contributed by atoms with Crippen molar-refractivity contribution in [3.8, 4) is 0 Å². The van der Waals surface area contributed by atoms with Gasteiger partial charge in [0.25, 0.3) is 5.91 Å². The van der Waals surface area contributed by atoms with E-state index in [9.17, 15) is 9.59 Å². The molecule has 0 unspecified atom stereocenters. The number of carboxylic acid groups (broad SMARTS) is 1. The van der Waals surface area contributed by atoms with Gasteiger partial charge in [0.05, 0.1) is 23.1 Å². The molecule has 2 N–H and O–H groups in total. The SMILES string of the molecule is CCc1nnsc1C(=O)Nc1cnccc1C(=O)O. The van der Waals surface area contributed by atoms with Gasteiger partial charge >= 0.3 is 5.97 Å². The summed E-state index contributed by atoms with van der Waals surface area (Å²) >= 11 is 0.975. The summed E-state index contributed by atoms with van der Waals surface area (Å²) in [6.07, 6.45) is 3.23. The van der Waals surface area contributed by atoms with Gasteiger partial charge in [-0.2, -0.15) is 0 Å². The lowest BCUT2D eigenvalue weighted by molar-refractivity contribution is 0.0698. The molecule has 1 amide bonds. The first-order chi connectivity index (χ1) is 9.13. The van der Waals surface area contributed by atoms with Gasteiger partial charge in [-0.3, -0.25) is 9.78 Å². The Hall–Kier alpha value is -2.35. The van der Waals surface area contributed by atoms with Crippen LogP contribution in [-0.4, -0.2) is 31.6 Å². The summed E-state index contributed by atoms with van der Waals surface area (Å²) < 4.78 is 3.71. The van der Waals surface area contributed by atoms with Crippen LogP contribution in [0.2, 0.25) is 0 Å². The van der Waals surface area contributed by atoms with Crippen LogP contribution >= 0.6 is 11.5 Å². The minimum Gasteiger partial charge on any atom is -0.478 e. The van der Waals surface area contributed by atoms with Gasteiger partial charge in [-0.15, -0.1) is 5.10 Å². The predicted octanol–water partition coefficient (Wildman–Crippen LogP) is 1.45. The zero-order valence-corrected chi connectivity index (χ0v) is 10.8. The van der Waals surface area contributed by atoms with Crippen LogP contribution in [0.4, 0.5) is 5.69 Å². The number of rotatable bonds is 4. The molecule has 0 bridgehead atoms. The Kier molecular flexibility index (Phi) is 3.81. The van der Waals surface area contributed by atoms with E-state index in [1.807, 2.05) is 6.92 Å². The quantitative estimate of drug-likeness (QED) is 0.876. The summed E-state index contributed by atoms with van der Waals surface area (Å²) in [7, 11) is 0. The van der Waals surface area contributed by atoms with Gasteiger partial charge in [0, 0.05) is 6.20 Å². The normalized spacial score (nSPS) is 10.2. The Bertz CT molecular complexity index is 626. The van der Waals surface area contributed by atoms with E-state index in [1.165, 1.54) is 18.5 Å². The monoisotopic (exact) mass is 278 g/mol. The molecule has 0 atom stereocenters. The first-order valence-corrected chi connectivity index (χ1v) is 6.20. The minimum atomic E-state index is -1.13. The van der Waals surface area contributed by atoms with Crippen molar-refractivity contribution < 1.29 is 14.7 Å². The van der Waals surface area contributed by atoms with Crippen LogP contribution in [0.3, 0.4) is 0 Å². The van der Waals surface area contributed by atoms with E-state index in [0.717, 1.165) is 11.5 Å². The van der Waals surface area contributed by atoms with E-state index in [2.05, 4.69) is 19.9 Å². The standard InChI is InChI=1S/C11H10N4O3S/c1-2-7-9(19-15-14-7)10(16)13-8-5-12-4-3-6(8)11(17)18/h3-5H,2H2,1H3,(H,13,16)(H,17,18). The molecule has 2 aromatic heterocycles. The lowest BCUT2D eigenvalue weighted by Gasteiger charge is -2.06. The first-order valence-electron chi connectivity index (χ1n) is 5.43. The van der Waals surface area contributed by atoms with Crippen LogP contribution in [0.15, 0.2) is 18.5 Å². The molecule has 8 heteroatoms. The third-order valence-corrected chi connectivity index (χ3v) is 3.16. The fourth-order valence-electron chi connectivity index (χ4n) is 1.47. The van der Waals surface area contributed by atoms with Crippen LogP contribution in [0.5, 0.6) is 0 Å². The maximum atomic E-state index is 12.0. The number of amides is 1. The van der Waals surface area contributed by atoms with Crippen molar-refractivity contribution in [1.29, 1.82) is 0 Å². The highest BCUT2D eigenvalue weighted by molar-refractivity contribution is 7.08. The van der Waals surface area contributed by atoms with E-state index in [0.29, 0.717) is 17.0 Å². The number of carboxylic acids is 1. The van der Waals surface area contributed by atoms with E-state index >= 15 is 0 Å². The molecule has 7 nitrogen and oxygen atoms in total. The average molecular weight is 278 g/mol. The molecule has 2 aromatic rings. The molecule has 0 fully saturated rings. The molecule has 0 saturated carbocycles. The molecule has 2 rings (SSSR count). The zero-order valence-electron chi connectivity index (χ0n) is 9.95. The van der Waals surface area contributed by atoms with Gasteiger partial charge in [-0.1, -0.05) is 11.4 Å². The summed E-state index contributed by atoms with van der Waals surface area (Å²) in [5.74, 6) is -1.56. The molecule has 19 heavy (non-hydrogen) atoms. The summed E-state index contributed by atoms with van der Waals surface area (Å²) in [4.78, 5) is 27.2. The van der Waals surface area contributed by atoms with Gasteiger partial charge in [-0.05, 0) is 24.0 Å². The summed E-state index contributed by atoms with van der Waals surface area (Å²) in [5.41, 5.74) is 0.720. The second kappa shape index (κ2) is 5.53. The van der Waals surface area contributed by atoms with E-state index in [4.69, 9.17) is 5.11 Å². The van der Waals surface area contributed by atoms with Crippen molar-refractivity contribution in [1.82, 2.24) is 14.6 Å². The van der Waals surface area contributed by atoms with Gasteiger partial charge in [-0.25, -0.2) is 4.79 Å². The van der Waals surface area contributed by atoms with E-state index in [-0.39, 0.29) is 11.3 Å². The number of nitrogens with zero attached hydrogens (tertiary/aromatic N) is 3. The number of hydrogen-bond donors (Lipinski definition) is 2. The molecule has 0 aromatic carbocycles. The number of aromatic nitrogens is 3. The maximum absolute atomic E-state index is 12.0. The molecular formula is C11H10N4O3S. The van der Waals surface area contributed by atoms with E-state index in [1.54, 1.807) is 0 Å². The number of carbonyl (C=O) groups excluding carboxylic acids is 1. The highest BCUT2D eigenvalue weighted by atomic mass is 32.1. The van der Waals surface area contributed by atoms with Crippen LogP contribution < -0.4 is 5.32 Å². The molecule has 2 heterocycles. The number of hydrogen-bond acceptors (Lipinski definition) is 6. The number of anilines is 1. The van der Waals surface area contributed by atoms with Crippen molar-refractivity contribution in [2.75, 3.05) is 5.32 Å². The van der Waals surface area contributed by atoms with Crippen molar-refractivity contribution >= 4 is 29.1 Å². The predicted molar refractivity (Wildman–Crippen MR) is 68.4 cm³/mol. The first kappa shape index (κ1) is 13.1. The second-order valence-corrected chi connectivity index (χ2v) is 4.34. The summed E-state index contributed by atoms with van der Waals surface area (Å²) in [5, 5.41) is 15.4. The maximum Gasteiger partial charge on any atom is 0.337 e. The van der Waals surface area contributed by atoms with Gasteiger partial charge in [0.2, 0.25) is 0 Å². The summed E-state index contributed by atoms with van der Waals surface area (Å²) in [6.45, 7) is 1.86.